The van der Waals surface area contributed by atoms with E-state index in [1.807, 2.05) is 31.4 Å². The van der Waals surface area contributed by atoms with E-state index in [1.165, 1.54) is 51.4 Å². The van der Waals surface area contributed by atoms with Gasteiger partial charge < -0.3 is 0 Å². The van der Waals surface area contributed by atoms with E-state index in [9.17, 15) is 0 Å². The number of allylic oxidation sites excluding steroid dienone is 2. The number of unbranched alkanes of at least 4 members (excludes halogenated alkanes) is 6. The molecular weight excluding hydrogens is 288 g/mol. The molecule has 0 aliphatic rings. The smallest absolute Gasteiger partial charge is 0.0226 e. The first kappa shape index (κ1) is 19.5. The van der Waals surface area contributed by atoms with Crippen molar-refractivity contribution in [3.63, 3.8) is 0 Å². The van der Waals surface area contributed by atoms with Crippen LogP contribution < -0.4 is 0 Å². The van der Waals surface area contributed by atoms with Gasteiger partial charge in [-0.15, -0.1) is 0 Å². The number of hydrogen-bond acceptors (Lipinski definition) is 3. The molecule has 0 aliphatic heterocycles. The van der Waals surface area contributed by atoms with E-state index in [-0.39, 0.29) is 0 Å². The zero-order valence-electron chi connectivity index (χ0n) is 12.6. The monoisotopic (exact) mass is 318 g/mol. The second kappa shape index (κ2) is 18.5. The third kappa shape index (κ3) is 18.5. The Labute approximate surface area is 132 Å². The Kier molecular flexibility index (Phi) is 19.0. The fraction of sp³-hybridized carbons (Fsp3) is 0.750. The molecule has 0 heterocycles. The van der Waals surface area contributed by atoms with E-state index in [0.29, 0.717) is 0 Å². The Bertz CT molecular complexity index is 190. The minimum Gasteiger partial charge on any atom is -0.0877 e. The quantitative estimate of drug-likeness (QED) is 0.187. The molecule has 0 aromatic rings. The Balaban J connectivity index is 3.09. The summed E-state index contributed by atoms with van der Waals surface area (Å²) in [5, 5.41) is 0. The first-order valence-electron chi connectivity index (χ1n) is 7.62. The standard InChI is InChI=1S/C16H30S3/c1-3-5-7-9-11-13-15-17-19-18-16-14-12-10-8-6-4-2/h11-14H,3-10,15-16H2,1-2H3/b13-11+,14-12+. The highest BCUT2D eigenvalue weighted by Crippen LogP contribution is 2.34. The second-order valence-corrected chi connectivity index (χ2v) is 8.89. The lowest BCUT2D eigenvalue weighted by Crippen LogP contribution is -1.72. The van der Waals surface area contributed by atoms with Crippen LogP contribution in [0.4, 0.5) is 0 Å². The molecule has 0 saturated carbocycles. The fourth-order valence-corrected chi connectivity index (χ4v) is 4.79. The lowest BCUT2D eigenvalue weighted by atomic mass is 10.2. The maximum atomic E-state index is 2.33. The van der Waals surface area contributed by atoms with Crippen LogP contribution >= 0.6 is 31.4 Å². The summed E-state index contributed by atoms with van der Waals surface area (Å²) in [7, 11) is 5.82. The highest BCUT2D eigenvalue weighted by Gasteiger charge is 1.88. The highest BCUT2D eigenvalue weighted by molar-refractivity contribution is 9.09. The Morgan fingerprint density at radius 1 is 0.632 bits per heavy atom. The molecule has 0 fully saturated rings. The van der Waals surface area contributed by atoms with Crippen LogP contribution in [0.1, 0.15) is 65.2 Å². The molecule has 0 saturated heterocycles. The zero-order chi connectivity index (χ0) is 14.0. The summed E-state index contributed by atoms with van der Waals surface area (Å²) < 4.78 is 0. The molecule has 0 aromatic heterocycles. The Morgan fingerprint density at radius 3 is 1.53 bits per heavy atom. The predicted octanol–water partition coefficient (Wildman–Crippen LogP) is 7.29. The topological polar surface area (TPSA) is 0 Å². The molecule has 0 spiro atoms. The molecule has 0 bridgehead atoms. The van der Waals surface area contributed by atoms with Crippen LogP contribution in [-0.4, -0.2) is 11.5 Å². The number of hydrogen-bond donors (Lipinski definition) is 0. The van der Waals surface area contributed by atoms with Crippen molar-refractivity contribution in [1.29, 1.82) is 0 Å². The largest absolute Gasteiger partial charge is 0.0877 e. The molecule has 0 atom stereocenters. The molecule has 3 heteroatoms. The lowest BCUT2D eigenvalue weighted by molar-refractivity contribution is 0.729. The lowest BCUT2D eigenvalue weighted by Gasteiger charge is -1.95. The normalized spacial score (nSPS) is 11.9. The fourth-order valence-electron chi connectivity index (χ4n) is 1.56. The average molecular weight is 319 g/mol. The Morgan fingerprint density at radius 2 is 1.11 bits per heavy atom. The van der Waals surface area contributed by atoms with Crippen LogP contribution in [0.5, 0.6) is 0 Å². The van der Waals surface area contributed by atoms with Crippen molar-refractivity contribution < 1.29 is 0 Å². The van der Waals surface area contributed by atoms with Gasteiger partial charge >= 0.3 is 0 Å². The summed E-state index contributed by atoms with van der Waals surface area (Å²) in [5.74, 6) is 2.29. The van der Waals surface area contributed by atoms with Gasteiger partial charge in [0.05, 0.1) is 0 Å². The van der Waals surface area contributed by atoms with E-state index < -0.39 is 0 Å². The summed E-state index contributed by atoms with van der Waals surface area (Å²) in [4.78, 5) is 0. The van der Waals surface area contributed by atoms with Gasteiger partial charge in [-0.1, -0.05) is 85.4 Å². The minimum atomic E-state index is 1.14. The highest BCUT2D eigenvalue weighted by atomic mass is 33.5. The molecule has 112 valence electrons. The van der Waals surface area contributed by atoms with Crippen LogP contribution in [0, 0.1) is 0 Å². The molecular formula is C16H30S3. The molecule has 0 rings (SSSR count). The van der Waals surface area contributed by atoms with Crippen LogP contribution in [-0.2, 0) is 0 Å². The maximum absolute atomic E-state index is 2.33. The van der Waals surface area contributed by atoms with Crippen LogP contribution in [0.25, 0.3) is 0 Å². The van der Waals surface area contributed by atoms with Crippen LogP contribution in [0.15, 0.2) is 24.3 Å². The molecule has 0 aliphatic carbocycles. The SMILES string of the molecule is CCCCC/C=C/CSSSC/C=C/CCCCC. The van der Waals surface area contributed by atoms with Gasteiger partial charge in [0, 0.05) is 11.5 Å². The van der Waals surface area contributed by atoms with Crippen molar-refractivity contribution in [1.82, 2.24) is 0 Å². The number of rotatable bonds is 14. The van der Waals surface area contributed by atoms with Gasteiger partial charge in [0.2, 0.25) is 0 Å². The molecule has 19 heavy (non-hydrogen) atoms. The summed E-state index contributed by atoms with van der Waals surface area (Å²) in [6, 6.07) is 0. The molecule has 0 radical (unpaired) electrons. The average Bonchev–Trinajstić information content (AvgIpc) is 2.43. The van der Waals surface area contributed by atoms with E-state index in [1.54, 1.807) is 0 Å². The van der Waals surface area contributed by atoms with Gasteiger partial charge in [-0.2, -0.15) is 0 Å². The molecule has 0 unspecified atom stereocenters. The first-order valence-corrected chi connectivity index (χ1v) is 11.4. The van der Waals surface area contributed by atoms with E-state index >= 15 is 0 Å². The van der Waals surface area contributed by atoms with Crippen molar-refractivity contribution in [3.8, 4) is 0 Å². The first-order chi connectivity index (χ1) is 9.41. The van der Waals surface area contributed by atoms with Gasteiger partial charge in [0.15, 0.2) is 0 Å². The van der Waals surface area contributed by atoms with E-state index in [4.69, 9.17) is 0 Å². The summed E-state index contributed by atoms with van der Waals surface area (Å²) >= 11 is 0. The zero-order valence-corrected chi connectivity index (χ0v) is 15.1. The molecule has 0 amide bonds. The third-order valence-electron chi connectivity index (χ3n) is 2.71. The molecule has 0 nitrogen and oxygen atoms in total. The van der Waals surface area contributed by atoms with Crippen molar-refractivity contribution >= 4 is 31.4 Å². The molecule has 0 N–H and O–H groups in total. The minimum absolute atomic E-state index is 1.14. The predicted molar refractivity (Wildman–Crippen MR) is 99.1 cm³/mol. The van der Waals surface area contributed by atoms with E-state index in [0.717, 1.165) is 11.5 Å². The Hall–Kier alpha value is 0.530. The summed E-state index contributed by atoms with van der Waals surface area (Å²) in [6.07, 6.45) is 19.9. The van der Waals surface area contributed by atoms with Gasteiger partial charge in [-0.25, -0.2) is 0 Å². The van der Waals surface area contributed by atoms with E-state index in [2.05, 4.69) is 38.2 Å². The molecule has 0 aromatic carbocycles. The van der Waals surface area contributed by atoms with Crippen LogP contribution in [0.2, 0.25) is 0 Å². The van der Waals surface area contributed by atoms with Gasteiger partial charge in [-0.3, -0.25) is 0 Å². The van der Waals surface area contributed by atoms with Crippen molar-refractivity contribution in [3.05, 3.63) is 24.3 Å². The third-order valence-corrected chi connectivity index (χ3v) is 6.68. The summed E-state index contributed by atoms with van der Waals surface area (Å²) in [6.45, 7) is 4.51. The summed E-state index contributed by atoms with van der Waals surface area (Å²) in [5.41, 5.74) is 0. The maximum Gasteiger partial charge on any atom is 0.0226 e. The van der Waals surface area contributed by atoms with Crippen molar-refractivity contribution in [2.75, 3.05) is 11.5 Å². The van der Waals surface area contributed by atoms with Gasteiger partial charge in [0.25, 0.3) is 0 Å². The van der Waals surface area contributed by atoms with Crippen LogP contribution in [0.3, 0.4) is 0 Å². The van der Waals surface area contributed by atoms with Gasteiger partial charge in [-0.05, 0) is 35.5 Å². The van der Waals surface area contributed by atoms with Crippen molar-refractivity contribution in [2.45, 2.75) is 65.2 Å². The van der Waals surface area contributed by atoms with Crippen molar-refractivity contribution in [2.24, 2.45) is 0 Å². The van der Waals surface area contributed by atoms with Gasteiger partial charge in [0.1, 0.15) is 0 Å². The second-order valence-electron chi connectivity index (χ2n) is 4.57.